The SMILES string of the molecule is COc1ccc(-c2cc3ccccc3n3cccc23)cc1OC. The monoisotopic (exact) mass is 303 g/mol. The second-order valence-electron chi connectivity index (χ2n) is 5.45. The Bertz CT molecular complexity index is 1000. The molecule has 23 heavy (non-hydrogen) atoms. The smallest absolute Gasteiger partial charge is 0.161 e. The molecule has 4 aromatic rings. The van der Waals surface area contributed by atoms with E-state index in [4.69, 9.17) is 9.47 Å². The predicted molar refractivity (Wildman–Crippen MR) is 93.4 cm³/mol. The molecule has 0 unspecified atom stereocenters. The summed E-state index contributed by atoms with van der Waals surface area (Å²) in [6.45, 7) is 0. The predicted octanol–water partition coefficient (Wildman–Crippen LogP) is 4.78. The first kappa shape index (κ1) is 13.7. The van der Waals surface area contributed by atoms with E-state index in [1.165, 1.54) is 22.0 Å². The van der Waals surface area contributed by atoms with Gasteiger partial charge >= 0.3 is 0 Å². The van der Waals surface area contributed by atoms with Gasteiger partial charge in [0.2, 0.25) is 0 Å². The Kier molecular flexibility index (Phi) is 3.19. The van der Waals surface area contributed by atoms with Crippen LogP contribution in [0.2, 0.25) is 0 Å². The number of benzene rings is 2. The van der Waals surface area contributed by atoms with Crippen molar-refractivity contribution in [3.63, 3.8) is 0 Å². The molecule has 0 aliphatic carbocycles. The molecule has 2 aromatic heterocycles. The number of pyridine rings is 1. The van der Waals surface area contributed by atoms with Crippen molar-refractivity contribution in [3.8, 4) is 22.6 Å². The van der Waals surface area contributed by atoms with E-state index in [1.54, 1.807) is 14.2 Å². The van der Waals surface area contributed by atoms with Crippen LogP contribution in [-0.4, -0.2) is 18.6 Å². The molecule has 4 rings (SSSR count). The van der Waals surface area contributed by atoms with Crippen molar-refractivity contribution in [3.05, 3.63) is 66.9 Å². The molecule has 0 saturated carbocycles. The highest BCUT2D eigenvalue weighted by molar-refractivity contribution is 5.93. The summed E-state index contributed by atoms with van der Waals surface area (Å²) in [6, 6.07) is 20.9. The summed E-state index contributed by atoms with van der Waals surface area (Å²) in [5.41, 5.74) is 4.67. The number of rotatable bonds is 3. The molecule has 0 atom stereocenters. The molecule has 0 aliphatic rings. The minimum absolute atomic E-state index is 0.739. The van der Waals surface area contributed by atoms with E-state index in [9.17, 15) is 0 Å². The Labute approximate surface area is 134 Å². The molecule has 2 heterocycles. The van der Waals surface area contributed by atoms with E-state index in [-0.39, 0.29) is 0 Å². The molecular formula is C20H17NO2. The van der Waals surface area contributed by atoms with Gasteiger partial charge in [-0.1, -0.05) is 24.3 Å². The fraction of sp³-hybridized carbons (Fsp3) is 0.100. The average molecular weight is 303 g/mol. The zero-order valence-corrected chi connectivity index (χ0v) is 13.1. The van der Waals surface area contributed by atoms with Crippen LogP contribution >= 0.6 is 0 Å². The molecule has 0 N–H and O–H groups in total. The van der Waals surface area contributed by atoms with Gasteiger partial charge in [-0.2, -0.15) is 0 Å². The van der Waals surface area contributed by atoms with Crippen molar-refractivity contribution in [1.82, 2.24) is 4.40 Å². The van der Waals surface area contributed by atoms with Gasteiger partial charge in [0, 0.05) is 11.8 Å². The zero-order chi connectivity index (χ0) is 15.8. The maximum absolute atomic E-state index is 5.45. The highest BCUT2D eigenvalue weighted by Crippen LogP contribution is 2.35. The second kappa shape index (κ2) is 5.36. The topological polar surface area (TPSA) is 22.9 Å². The second-order valence-corrected chi connectivity index (χ2v) is 5.45. The third-order valence-electron chi connectivity index (χ3n) is 4.22. The summed E-state index contributed by atoms with van der Waals surface area (Å²) in [7, 11) is 3.31. The van der Waals surface area contributed by atoms with Gasteiger partial charge in [0.25, 0.3) is 0 Å². The molecule has 0 fully saturated rings. The molecule has 114 valence electrons. The standard InChI is InChI=1S/C20H17NO2/c1-22-19-10-9-14(13-20(19)23-2)16-12-15-6-3-4-7-17(15)21-11-5-8-18(16)21/h3-13H,1-2H3. The van der Waals surface area contributed by atoms with Crippen LogP contribution in [0.25, 0.3) is 27.5 Å². The van der Waals surface area contributed by atoms with Gasteiger partial charge in [-0.3, -0.25) is 0 Å². The van der Waals surface area contributed by atoms with E-state index >= 15 is 0 Å². The van der Waals surface area contributed by atoms with E-state index in [2.05, 4.69) is 59.1 Å². The molecule has 3 nitrogen and oxygen atoms in total. The summed E-state index contributed by atoms with van der Waals surface area (Å²) < 4.78 is 13.0. The fourth-order valence-electron chi connectivity index (χ4n) is 3.10. The number of fused-ring (bicyclic) bond motifs is 3. The van der Waals surface area contributed by atoms with Crippen molar-refractivity contribution in [2.24, 2.45) is 0 Å². The first-order valence-electron chi connectivity index (χ1n) is 7.53. The maximum Gasteiger partial charge on any atom is 0.161 e. The van der Waals surface area contributed by atoms with Gasteiger partial charge in [0.15, 0.2) is 11.5 Å². The normalized spacial score (nSPS) is 11.0. The van der Waals surface area contributed by atoms with Gasteiger partial charge in [-0.25, -0.2) is 0 Å². The van der Waals surface area contributed by atoms with E-state index in [0.29, 0.717) is 0 Å². The van der Waals surface area contributed by atoms with Gasteiger partial charge in [-0.05, 0) is 47.3 Å². The Morgan fingerprint density at radius 3 is 2.35 bits per heavy atom. The van der Waals surface area contributed by atoms with Crippen molar-refractivity contribution >= 4 is 16.4 Å². The number of hydrogen-bond donors (Lipinski definition) is 0. The number of ether oxygens (including phenoxy) is 2. The lowest BCUT2D eigenvalue weighted by molar-refractivity contribution is 0.355. The van der Waals surface area contributed by atoms with Crippen LogP contribution in [0.4, 0.5) is 0 Å². The number of para-hydroxylation sites is 1. The highest BCUT2D eigenvalue weighted by Gasteiger charge is 2.11. The van der Waals surface area contributed by atoms with Crippen molar-refractivity contribution < 1.29 is 9.47 Å². The van der Waals surface area contributed by atoms with Crippen LogP contribution < -0.4 is 9.47 Å². The Hall–Kier alpha value is -2.94. The third kappa shape index (κ3) is 2.13. The lowest BCUT2D eigenvalue weighted by atomic mass is 10.0. The quantitative estimate of drug-likeness (QED) is 0.544. The van der Waals surface area contributed by atoms with Gasteiger partial charge < -0.3 is 13.9 Å². The minimum atomic E-state index is 0.739. The molecule has 0 aliphatic heterocycles. The van der Waals surface area contributed by atoms with Crippen molar-refractivity contribution in [2.45, 2.75) is 0 Å². The molecular weight excluding hydrogens is 286 g/mol. The molecule has 0 amide bonds. The molecule has 2 aromatic carbocycles. The van der Waals surface area contributed by atoms with Crippen LogP contribution in [0, 0.1) is 0 Å². The Morgan fingerprint density at radius 1 is 0.739 bits per heavy atom. The Balaban J connectivity index is 2.02. The number of methoxy groups -OCH3 is 2. The number of hydrogen-bond acceptors (Lipinski definition) is 2. The van der Waals surface area contributed by atoms with Crippen LogP contribution in [0.3, 0.4) is 0 Å². The Morgan fingerprint density at radius 2 is 1.52 bits per heavy atom. The van der Waals surface area contributed by atoms with Crippen LogP contribution in [-0.2, 0) is 0 Å². The maximum atomic E-state index is 5.45. The summed E-state index contributed by atoms with van der Waals surface area (Å²) in [5.74, 6) is 1.48. The molecule has 0 radical (unpaired) electrons. The molecule has 0 saturated heterocycles. The van der Waals surface area contributed by atoms with Gasteiger partial charge in [-0.15, -0.1) is 0 Å². The van der Waals surface area contributed by atoms with Crippen LogP contribution in [0.1, 0.15) is 0 Å². The zero-order valence-electron chi connectivity index (χ0n) is 13.1. The summed E-state index contributed by atoms with van der Waals surface area (Å²) in [4.78, 5) is 0. The van der Waals surface area contributed by atoms with Crippen LogP contribution in [0.15, 0.2) is 66.9 Å². The van der Waals surface area contributed by atoms with E-state index in [1.807, 2.05) is 12.1 Å². The van der Waals surface area contributed by atoms with Crippen LogP contribution in [0.5, 0.6) is 11.5 Å². The summed E-state index contributed by atoms with van der Waals surface area (Å²) >= 11 is 0. The number of nitrogens with zero attached hydrogens (tertiary/aromatic N) is 1. The minimum Gasteiger partial charge on any atom is -0.493 e. The lowest BCUT2D eigenvalue weighted by Gasteiger charge is -2.12. The van der Waals surface area contributed by atoms with Gasteiger partial charge in [0.05, 0.1) is 25.3 Å². The summed E-state index contributed by atoms with van der Waals surface area (Å²) in [6.07, 6.45) is 2.10. The van der Waals surface area contributed by atoms with E-state index in [0.717, 1.165) is 17.1 Å². The third-order valence-corrected chi connectivity index (χ3v) is 4.22. The van der Waals surface area contributed by atoms with Crippen molar-refractivity contribution in [2.75, 3.05) is 14.2 Å². The molecule has 0 spiro atoms. The van der Waals surface area contributed by atoms with Crippen molar-refractivity contribution in [1.29, 1.82) is 0 Å². The van der Waals surface area contributed by atoms with E-state index < -0.39 is 0 Å². The number of aromatic nitrogens is 1. The van der Waals surface area contributed by atoms with Gasteiger partial charge in [0.1, 0.15) is 0 Å². The highest BCUT2D eigenvalue weighted by atomic mass is 16.5. The summed E-state index contributed by atoms with van der Waals surface area (Å²) in [5, 5.41) is 1.21. The fourth-order valence-corrected chi connectivity index (χ4v) is 3.10. The molecule has 0 bridgehead atoms. The first-order chi connectivity index (χ1) is 11.3. The lowest BCUT2D eigenvalue weighted by Crippen LogP contribution is -1.93. The average Bonchev–Trinajstić information content (AvgIpc) is 3.10. The largest absolute Gasteiger partial charge is 0.493 e. The first-order valence-corrected chi connectivity index (χ1v) is 7.53. The molecule has 3 heteroatoms.